The summed E-state index contributed by atoms with van der Waals surface area (Å²) in [5, 5.41) is 0.375. The molecule has 216 valence electrons. The minimum absolute atomic E-state index is 0.141. The van der Waals surface area contributed by atoms with E-state index < -0.39 is 11.6 Å². The second kappa shape index (κ2) is 12.1. The van der Waals surface area contributed by atoms with Gasteiger partial charge in [0.1, 0.15) is 16.4 Å². The van der Waals surface area contributed by atoms with E-state index in [9.17, 15) is 9.59 Å². The van der Waals surface area contributed by atoms with E-state index in [0.29, 0.717) is 34.4 Å². The third kappa shape index (κ3) is 5.95. The number of rotatable bonds is 9. The molecule has 0 saturated carbocycles. The summed E-state index contributed by atoms with van der Waals surface area (Å²) in [5.41, 5.74) is 1.14. The largest absolute Gasteiger partial charge is 0.476 e. The Morgan fingerprint density at radius 1 is 1.05 bits per heavy atom. The van der Waals surface area contributed by atoms with Crippen molar-refractivity contribution in [3.63, 3.8) is 0 Å². The fourth-order valence-corrected chi connectivity index (χ4v) is 5.60. The summed E-state index contributed by atoms with van der Waals surface area (Å²) >= 11 is 6.27. The van der Waals surface area contributed by atoms with E-state index >= 15 is 0 Å². The first kappa shape index (κ1) is 29.8. The van der Waals surface area contributed by atoms with Crippen molar-refractivity contribution in [3.8, 4) is 5.75 Å². The van der Waals surface area contributed by atoms with E-state index in [1.165, 1.54) is 4.57 Å². The first-order chi connectivity index (χ1) is 19.0. The van der Waals surface area contributed by atoms with Gasteiger partial charge in [-0.15, -0.1) is 0 Å². The molecule has 0 N–H and O–H groups in total. The highest BCUT2D eigenvalue weighted by Crippen LogP contribution is 2.34. The lowest BCUT2D eigenvalue weighted by molar-refractivity contribution is -0.158. The van der Waals surface area contributed by atoms with Gasteiger partial charge in [-0.25, -0.2) is 14.6 Å². The summed E-state index contributed by atoms with van der Waals surface area (Å²) in [6.07, 6.45) is 1.82. The van der Waals surface area contributed by atoms with E-state index in [1.807, 2.05) is 18.2 Å². The van der Waals surface area contributed by atoms with E-state index in [0.717, 1.165) is 31.5 Å². The molecule has 0 radical (unpaired) electrons. The van der Waals surface area contributed by atoms with Crippen LogP contribution in [0.15, 0.2) is 41.2 Å². The minimum atomic E-state index is -1.07. The highest BCUT2D eigenvalue weighted by Gasteiger charge is 2.37. The van der Waals surface area contributed by atoms with Gasteiger partial charge in [-0.05, 0) is 70.4 Å². The second-order valence-corrected chi connectivity index (χ2v) is 11.2. The van der Waals surface area contributed by atoms with Crippen LogP contribution < -0.4 is 15.3 Å². The number of pyridine rings is 1. The number of benzene rings is 1. The molecule has 3 heterocycles. The number of piperazine rings is 1. The molecule has 0 amide bonds. The molecule has 0 aliphatic carbocycles. The maximum Gasteiger partial charge on any atom is 0.349 e. The average Bonchev–Trinajstić information content (AvgIpc) is 2.94. The Kier molecular flexibility index (Phi) is 9.05. The topological polar surface area (TPSA) is 89.8 Å². The molecule has 10 heteroatoms. The van der Waals surface area contributed by atoms with Crippen LogP contribution in [0.1, 0.15) is 66.0 Å². The Hall–Kier alpha value is -3.17. The fraction of sp³-hybridized carbons (Fsp3) is 0.533. The molecule has 1 fully saturated rings. The van der Waals surface area contributed by atoms with Crippen molar-refractivity contribution in [2.75, 3.05) is 24.6 Å². The van der Waals surface area contributed by atoms with Crippen molar-refractivity contribution in [1.29, 1.82) is 0 Å². The zero-order valence-corrected chi connectivity index (χ0v) is 25.2. The maximum absolute atomic E-state index is 12.8. The average molecular weight is 570 g/mol. The molecule has 1 aliphatic heterocycles. The number of esters is 1. The smallest absolute Gasteiger partial charge is 0.349 e. The number of hydrogen-bond acceptors (Lipinski definition) is 8. The molecular formula is C30H40ClN5O4. The van der Waals surface area contributed by atoms with Crippen molar-refractivity contribution < 1.29 is 14.3 Å². The molecule has 1 aromatic carbocycles. The van der Waals surface area contributed by atoms with Gasteiger partial charge in [-0.2, -0.15) is 4.98 Å². The third-order valence-electron chi connectivity index (χ3n) is 7.85. The molecule has 3 atom stereocenters. The molecular weight excluding hydrogens is 530 g/mol. The fourth-order valence-electron chi connectivity index (χ4n) is 5.45. The number of nitrogens with zero attached hydrogens (tertiary/aromatic N) is 5. The van der Waals surface area contributed by atoms with Crippen molar-refractivity contribution in [2.45, 2.75) is 78.1 Å². The molecule has 40 heavy (non-hydrogen) atoms. The molecule has 9 nitrogen and oxygen atoms in total. The number of aromatic nitrogens is 3. The van der Waals surface area contributed by atoms with Crippen LogP contribution in [0.4, 0.5) is 5.82 Å². The van der Waals surface area contributed by atoms with Crippen LogP contribution >= 0.6 is 11.6 Å². The summed E-state index contributed by atoms with van der Waals surface area (Å²) < 4.78 is 12.6. The van der Waals surface area contributed by atoms with Crippen LogP contribution in [-0.2, 0) is 16.6 Å². The molecule has 1 aliphatic rings. The van der Waals surface area contributed by atoms with Crippen LogP contribution in [0, 0.1) is 0 Å². The normalized spacial score (nSPS) is 19.1. The maximum atomic E-state index is 12.8. The van der Waals surface area contributed by atoms with E-state index in [2.05, 4.69) is 52.7 Å². The van der Waals surface area contributed by atoms with Crippen molar-refractivity contribution in [2.24, 2.45) is 7.05 Å². The van der Waals surface area contributed by atoms with Crippen LogP contribution in [0.25, 0.3) is 11.0 Å². The number of ether oxygens (including phenoxy) is 2. The van der Waals surface area contributed by atoms with Gasteiger partial charge in [-0.1, -0.05) is 37.6 Å². The van der Waals surface area contributed by atoms with Crippen LogP contribution in [0.5, 0.6) is 5.75 Å². The lowest BCUT2D eigenvalue weighted by Crippen LogP contribution is -2.59. The number of halogens is 1. The molecule has 2 unspecified atom stereocenters. The SMILES string of the molecule is CCOC(=O)C(C)(C)Oc1ccc(C(C)N2CC(CC)N(c3nc(=O)n(C)c4ccc(Cl)nc34)C[C@H]2CC)cc1. The molecule has 0 spiro atoms. The summed E-state index contributed by atoms with van der Waals surface area (Å²) in [6.45, 7) is 13.6. The number of fused-ring (bicyclic) bond motifs is 1. The molecule has 4 rings (SSSR count). The zero-order chi connectivity index (χ0) is 29.2. The monoisotopic (exact) mass is 569 g/mol. The highest BCUT2D eigenvalue weighted by atomic mass is 35.5. The number of carbonyl (C=O) groups is 1. The lowest BCUT2D eigenvalue weighted by Gasteiger charge is -2.49. The van der Waals surface area contributed by atoms with Gasteiger partial charge in [0.25, 0.3) is 0 Å². The van der Waals surface area contributed by atoms with Gasteiger partial charge in [0.05, 0.1) is 12.1 Å². The first-order valence-electron chi connectivity index (χ1n) is 14.0. The summed E-state index contributed by atoms with van der Waals surface area (Å²) in [4.78, 5) is 38.9. The van der Waals surface area contributed by atoms with Gasteiger partial charge in [0.15, 0.2) is 11.4 Å². The van der Waals surface area contributed by atoms with E-state index in [1.54, 1.807) is 33.9 Å². The van der Waals surface area contributed by atoms with Gasteiger partial charge in [0, 0.05) is 38.3 Å². The minimum Gasteiger partial charge on any atom is -0.476 e. The third-order valence-corrected chi connectivity index (χ3v) is 8.07. The Labute approximate surface area is 241 Å². The first-order valence-corrected chi connectivity index (χ1v) is 14.4. The Morgan fingerprint density at radius 2 is 1.73 bits per heavy atom. The molecule has 2 aromatic heterocycles. The highest BCUT2D eigenvalue weighted by molar-refractivity contribution is 6.29. The summed E-state index contributed by atoms with van der Waals surface area (Å²) in [7, 11) is 1.71. The van der Waals surface area contributed by atoms with Crippen molar-refractivity contribution in [1.82, 2.24) is 19.4 Å². The van der Waals surface area contributed by atoms with Crippen LogP contribution in [-0.4, -0.2) is 62.8 Å². The Morgan fingerprint density at radius 3 is 2.35 bits per heavy atom. The molecule has 1 saturated heterocycles. The lowest BCUT2D eigenvalue weighted by atomic mass is 9.97. The second-order valence-electron chi connectivity index (χ2n) is 10.8. The predicted octanol–water partition coefficient (Wildman–Crippen LogP) is 5.14. The number of carbonyl (C=O) groups excluding carboxylic acids is 1. The van der Waals surface area contributed by atoms with E-state index in [-0.39, 0.29) is 23.8 Å². The van der Waals surface area contributed by atoms with Crippen LogP contribution in [0.3, 0.4) is 0 Å². The van der Waals surface area contributed by atoms with E-state index in [4.69, 9.17) is 21.1 Å². The predicted molar refractivity (Wildman–Crippen MR) is 158 cm³/mol. The zero-order valence-electron chi connectivity index (χ0n) is 24.5. The Balaban J connectivity index is 1.58. The van der Waals surface area contributed by atoms with Gasteiger partial charge < -0.3 is 14.4 Å². The van der Waals surface area contributed by atoms with Crippen LogP contribution in [0.2, 0.25) is 5.15 Å². The van der Waals surface area contributed by atoms with Gasteiger partial charge >= 0.3 is 11.7 Å². The van der Waals surface area contributed by atoms with Crippen molar-refractivity contribution in [3.05, 3.63) is 57.6 Å². The quantitative estimate of drug-likeness (QED) is 0.258. The molecule has 3 aromatic rings. The van der Waals surface area contributed by atoms with Gasteiger partial charge in [-0.3, -0.25) is 9.47 Å². The summed E-state index contributed by atoms with van der Waals surface area (Å²) in [6, 6.07) is 12.0. The standard InChI is InChI=1S/C30H40ClN5O4/c1-8-21-18-36(27-26-24(15-16-25(31)32-26)34(7)29(38)33-27)22(9-2)17-35(21)19(4)20-11-13-23(14-12-20)40-30(5,6)28(37)39-10-3/h11-16,19,21-22H,8-10,17-18H2,1-7H3/t19?,21-,22?/m1/s1. The number of anilines is 1. The Bertz CT molecular complexity index is 1410. The van der Waals surface area contributed by atoms with Gasteiger partial charge in [0.2, 0.25) is 0 Å². The molecule has 0 bridgehead atoms. The summed E-state index contributed by atoms with van der Waals surface area (Å²) in [5.74, 6) is 0.828. The number of aryl methyl sites for hydroxylation is 1. The number of hydrogen-bond donors (Lipinski definition) is 0. The van der Waals surface area contributed by atoms with Crippen molar-refractivity contribution >= 4 is 34.4 Å².